The first kappa shape index (κ1) is 25.1. The molecule has 11 heteroatoms. The molecule has 1 aromatic heterocycles. The molecule has 2 heterocycles. The highest BCUT2D eigenvalue weighted by Crippen LogP contribution is 2.29. The van der Waals surface area contributed by atoms with Gasteiger partial charge in [-0.25, -0.2) is 4.68 Å². The Morgan fingerprint density at radius 1 is 1.06 bits per heavy atom. The molecule has 182 valence electrons. The van der Waals surface area contributed by atoms with Crippen LogP contribution in [0.5, 0.6) is 5.75 Å². The van der Waals surface area contributed by atoms with Crippen molar-refractivity contribution in [1.82, 2.24) is 15.0 Å². The SMILES string of the molecule is O=C(O)CCCCCCCOc1cccc(-c2cn([C@H]3O[C@H](CO)[C@@H](O)[C@H](O)[C@@H]3O)nn2)c1. The summed E-state index contributed by atoms with van der Waals surface area (Å²) in [5.41, 5.74) is 1.23. The lowest BCUT2D eigenvalue weighted by molar-refractivity contribution is -0.254. The van der Waals surface area contributed by atoms with Gasteiger partial charge in [-0.2, -0.15) is 0 Å². The van der Waals surface area contributed by atoms with Gasteiger partial charge < -0.3 is 35.0 Å². The quantitative estimate of drug-likeness (QED) is 0.282. The van der Waals surface area contributed by atoms with Crippen LogP contribution in [0.3, 0.4) is 0 Å². The molecule has 0 amide bonds. The number of ether oxygens (including phenoxy) is 2. The molecule has 0 saturated carbocycles. The van der Waals surface area contributed by atoms with E-state index in [9.17, 15) is 25.2 Å². The maximum Gasteiger partial charge on any atom is 0.303 e. The molecule has 11 nitrogen and oxygen atoms in total. The number of carboxylic acids is 1. The van der Waals surface area contributed by atoms with Crippen molar-refractivity contribution in [2.24, 2.45) is 0 Å². The summed E-state index contributed by atoms with van der Waals surface area (Å²) < 4.78 is 12.5. The number of aliphatic hydroxyl groups is 4. The zero-order valence-electron chi connectivity index (χ0n) is 18.2. The van der Waals surface area contributed by atoms with E-state index in [0.29, 0.717) is 24.5 Å². The van der Waals surface area contributed by atoms with Crippen LogP contribution in [-0.4, -0.2) is 84.1 Å². The molecule has 3 rings (SSSR count). The van der Waals surface area contributed by atoms with Crippen molar-refractivity contribution in [1.29, 1.82) is 0 Å². The summed E-state index contributed by atoms with van der Waals surface area (Å²) in [4.78, 5) is 10.5. The molecule has 1 saturated heterocycles. The average molecular weight is 466 g/mol. The Morgan fingerprint density at radius 2 is 1.82 bits per heavy atom. The molecular formula is C22H31N3O8. The number of unbranched alkanes of at least 4 members (excludes halogenated alkanes) is 4. The van der Waals surface area contributed by atoms with Crippen LogP contribution in [-0.2, 0) is 9.53 Å². The lowest BCUT2D eigenvalue weighted by Crippen LogP contribution is -2.56. The zero-order valence-corrected chi connectivity index (χ0v) is 18.2. The molecule has 1 fully saturated rings. The number of carboxylic acid groups (broad SMARTS) is 1. The first-order valence-corrected chi connectivity index (χ1v) is 11.1. The molecule has 0 aliphatic carbocycles. The van der Waals surface area contributed by atoms with E-state index < -0.39 is 43.2 Å². The van der Waals surface area contributed by atoms with Crippen LogP contribution in [0.15, 0.2) is 30.5 Å². The van der Waals surface area contributed by atoms with Crippen molar-refractivity contribution < 1.29 is 39.8 Å². The fourth-order valence-corrected chi connectivity index (χ4v) is 3.68. The van der Waals surface area contributed by atoms with E-state index in [-0.39, 0.29) is 6.42 Å². The van der Waals surface area contributed by atoms with Crippen molar-refractivity contribution in [2.75, 3.05) is 13.2 Å². The second-order valence-corrected chi connectivity index (χ2v) is 8.09. The third-order valence-electron chi connectivity index (χ3n) is 5.57. The molecule has 1 aliphatic rings. The molecule has 33 heavy (non-hydrogen) atoms. The van der Waals surface area contributed by atoms with Gasteiger partial charge in [0.2, 0.25) is 0 Å². The molecule has 1 aliphatic heterocycles. The maximum atomic E-state index is 10.5. The van der Waals surface area contributed by atoms with Gasteiger partial charge in [0.1, 0.15) is 35.9 Å². The number of carbonyl (C=O) groups is 1. The van der Waals surface area contributed by atoms with Gasteiger partial charge in [-0.05, 0) is 25.0 Å². The first-order valence-electron chi connectivity index (χ1n) is 11.1. The molecule has 5 atom stereocenters. The summed E-state index contributed by atoms with van der Waals surface area (Å²) in [6.45, 7) is 0.0185. The number of nitrogens with zero attached hydrogens (tertiary/aromatic N) is 3. The molecule has 2 aromatic rings. The monoisotopic (exact) mass is 465 g/mol. The summed E-state index contributed by atoms with van der Waals surface area (Å²) in [7, 11) is 0. The third kappa shape index (κ3) is 6.71. The largest absolute Gasteiger partial charge is 0.494 e. The number of hydrogen-bond acceptors (Lipinski definition) is 9. The van der Waals surface area contributed by atoms with Gasteiger partial charge in [-0.3, -0.25) is 4.79 Å². The number of aliphatic hydroxyl groups excluding tert-OH is 4. The lowest BCUT2D eigenvalue weighted by atomic mass is 9.98. The van der Waals surface area contributed by atoms with Gasteiger partial charge in [0.05, 0.1) is 19.4 Å². The number of rotatable bonds is 12. The van der Waals surface area contributed by atoms with Crippen molar-refractivity contribution in [3.63, 3.8) is 0 Å². The van der Waals surface area contributed by atoms with Crippen molar-refractivity contribution in [3.05, 3.63) is 30.5 Å². The lowest BCUT2D eigenvalue weighted by Gasteiger charge is -2.39. The molecule has 5 N–H and O–H groups in total. The highest BCUT2D eigenvalue weighted by Gasteiger charge is 2.44. The topological polar surface area (TPSA) is 167 Å². The Kier molecular flexibility index (Phi) is 9.15. The highest BCUT2D eigenvalue weighted by atomic mass is 16.6. The molecule has 0 bridgehead atoms. The predicted molar refractivity (Wildman–Crippen MR) is 115 cm³/mol. The van der Waals surface area contributed by atoms with Gasteiger partial charge in [0.25, 0.3) is 0 Å². The van der Waals surface area contributed by atoms with E-state index in [4.69, 9.17) is 14.6 Å². The second-order valence-electron chi connectivity index (χ2n) is 8.09. The van der Waals surface area contributed by atoms with E-state index >= 15 is 0 Å². The fraction of sp³-hybridized carbons (Fsp3) is 0.591. The van der Waals surface area contributed by atoms with E-state index in [1.807, 2.05) is 24.3 Å². The summed E-state index contributed by atoms with van der Waals surface area (Å²) in [6, 6.07) is 7.30. The van der Waals surface area contributed by atoms with Crippen molar-refractivity contribution in [2.45, 2.75) is 69.2 Å². The Labute approximate surface area is 191 Å². The van der Waals surface area contributed by atoms with Gasteiger partial charge in [-0.1, -0.05) is 36.6 Å². The van der Waals surface area contributed by atoms with Crippen LogP contribution in [0.4, 0.5) is 0 Å². The third-order valence-corrected chi connectivity index (χ3v) is 5.57. The van der Waals surface area contributed by atoms with E-state index in [1.54, 1.807) is 6.20 Å². The molecule has 0 spiro atoms. The fourth-order valence-electron chi connectivity index (χ4n) is 3.68. The summed E-state index contributed by atoms with van der Waals surface area (Å²) in [5, 5.41) is 56.2. The van der Waals surface area contributed by atoms with Crippen LogP contribution >= 0.6 is 0 Å². The zero-order chi connectivity index (χ0) is 23.8. The Balaban J connectivity index is 1.53. The Morgan fingerprint density at radius 3 is 2.58 bits per heavy atom. The van der Waals surface area contributed by atoms with Gasteiger partial charge >= 0.3 is 5.97 Å². The Hall–Kier alpha value is -2.57. The van der Waals surface area contributed by atoms with Crippen LogP contribution in [0.1, 0.15) is 44.8 Å². The minimum atomic E-state index is -1.50. The predicted octanol–water partition coefficient (Wildman–Crippen LogP) is 0.721. The molecular weight excluding hydrogens is 434 g/mol. The summed E-state index contributed by atoms with van der Waals surface area (Å²) in [6.07, 6.45) is -0.385. The van der Waals surface area contributed by atoms with E-state index in [0.717, 1.165) is 31.2 Å². The summed E-state index contributed by atoms with van der Waals surface area (Å²) >= 11 is 0. The van der Waals surface area contributed by atoms with Crippen molar-refractivity contribution >= 4 is 5.97 Å². The standard InChI is InChI=1S/C22H31N3O8/c26-13-17-19(29)20(30)21(31)22(33-17)25-12-16(23-24-25)14-7-6-8-15(11-14)32-10-5-3-1-2-4-9-18(27)28/h6-8,11-12,17,19-22,26,29-31H,1-5,9-10,13H2,(H,27,28)/t17-,19-,20+,21+,22+/m1/s1. The highest BCUT2D eigenvalue weighted by molar-refractivity contribution is 5.66. The van der Waals surface area contributed by atoms with E-state index in [2.05, 4.69) is 10.3 Å². The van der Waals surface area contributed by atoms with Crippen LogP contribution in [0.25, 0.3) is 11.3 Å². The number of hydrogen-bond donors (Lipinski definition) is 5. The normalized spacial score (nSPS) is 25.2. The number of aliphatic carboxylic acids is 1. The number of benzene rings is 1. The van der Waals surface area contributed by atoms with E-state index in [1.165, 1.54) is 4.68 Å². The van der Waals surface area contributed by atoms with Crippen molar-refractivity contribution in [3.8, 4) is 17.0 Å². The maximum absolute atomic E-state index is 10.5. The van der Waals surface area contributed by atoms with Crippen LogP contribution in [0.2, 0.25) is 0 Å². The average Bonchev–Trinajstić information content (AvgIpc) is 3.29. The Bertz CT molecular complexity index is 890. The smallest absolute Gasteiger partial charge is 0.303 e. The van der Waals surface area contributed by atoms with Gasteiger partial charge in [-0.15, -0.1) is 5.10 Å². The van der Waals surface area contributed by atoms with Crippen LogP contribution < -0.4 is 4.74 Å². The second kappa shape index (κ2) is 12.1. The number of aromatic nitrogens is 3. The molecule has 1 aromatic carbocycles. The molecule has 0 radical (unpaired) electrons. The molecule has 0 unspecified atom stereocenters. The summed E-state index contributed by atoms with van der Waals surface area (Å²) in [5.74, 6) is -0.0906. The first-order chi connectivity index (χ1) is 15.9. The van der Waals surface area contributed by atoms with Gasteiger partial charge in [0.15, 0.2) is 6.23 Å². The van der Waals surface area contributed by atoms with Crippen LogP contribution in [0, 0.1) is 0 Å². The minimum absolute atomic E-state index is 0.213. The minimum Gasteiger partial charge on any atom is -0.494 e. The van der Waals surface area contributed by atoms with Gasteiger partial charge in [0, 0.05) is 12.0 Å².